The van der Waals surface area contributed by atoms with E-state index in [4.69, 9.17) is 16.3 Å². The molecule has 2 aromatic heterocycles. The number of para-hydroxylation sites is 1. The van der Waals surface area contributed by atoms with Crippen LogP contribution >= 0.6 is 11.6 Å². The number of aromatic nitrogens is 4. The number of amides is 1. The van der Waals surface area contributed by atoms with Crippen molar-refractivity contribution in [2.75, 3.05) is 29.7 Å². The first-order chi connectivity index (χ1) is 17.3. The van der Waals surface area contributed by atoms with Gasteiger partial charge >= 0.3 is 5.69 Å². The quantitative estimate of drug-likeness (QED) is 0.551. The van der Waals surface area contributed by atoms with Gasteiger partial charge in [0.05, 0.1) is 10.6 Å². The van der Waals surface area contributed by atoms with Gasteiger partial charge in [-0.2, -0.15) is 4.68 Å². The molecule has 0 saturated carbocycles. The third-order valence-electron chi connectivity index (χ3n) is 6.42. The number of halogens is 3. The molecular weight excluding hydrogens is 498 g/mol. The van der Waals surface area contributed by atoms with Crippen LogP contribution in [0.3, 0.4) is 0 Å². The van der Waals surface area contributed by atoms with E-state index in [-0.39, 0.29) is 47.2 Å². The Morgan fingerprint density at radius 1 is 1.17 bits per heavy atom. The molecule has 5 rings (SSSR count). The number of ether oxygens (including phenoxy) is 1. The molecule has 1 aromatic carbocycles. The van der Waals surface area contributed by atoms with Crippen molar-refractivity contribution in [3.63, 3.8) is 0 Å². The predicted molar refractivity (Wildman–Crippen MR) is 127 cm³/mol. The third-order valence-corrected chi connectivity index (χ3v) is 6.72. The van der Waals surface area contributed by atoms with Crippen molar-refractivity contribution < 1.29 is 23.4 Å². The Morgan fingerprint density at radius 3 is 2.56 bits per heavy atom. The number of fused-ring (bicyclic) bond motifs is 1. The van der Waals surface area contributed by atoms with Crippen molar-refractivity contribution in [1.82, 2.24) is 19.3 Å². The molecular formula is C23H23ClF2N6O4. The van der Waals surface area contributed by atoms with Gasteiger partial charge in [-0.1, -0.05) is 17.7 Å². The number of aliphatic hydroxyl groups is 1. The maximum atomic E-state index is 15.4. The molecule has 2 aliphatic rings. The highest BCUT2D eigenvalue weighted by atomic mass is 35.5. The zero-order valence-electron chi connectivity index (χ0n) is 19.3. The SMILES string of the molecule is CCn1c(CO)nn(-c2nc3c(cc2F)C(=O)N(c2c(F)cccc2Cl)CN3C2CCOCC2)c1=O. The summed E-state index contributed by atoms with van der Waals surface area (Å²) in [6.07, 6.45) is 1.19. The van der Waals surface area contributed by atoms with Crippen LogP contribution in [0.15, 0.2) is 29.1 Å². The summed E-state index contributed by atoms with van der Waals surface area (Å²) in [7, 11) is 0. The molecule has 4 heterocycles. The Bertz CT molecular complexity index is 1370. The van der Waals surface area contributed by atoms with Crippen molar-refractivity contribution >= 4 is 29.0 Å². The second kappa shape index (κ2) is 9.60. The highest BCUT2D eigenvalue weighted by molar-refractivity contribution is 6.34. The first-order valence-corrected chi connectivity index (χ1v) is 11.8. The van der Waals surface area contributed by atoms with Crippen LogP contribution in [0, 0.1) is 11.6 Å². The van der Waals surface area contributed by atoms with Crippen LogP contribution in [-0.4, -0.2) is 56.3 Å². The first-order valence-electron chi connectivity index (χ1n) is 11.5. The summed E-state index contributed by atoms with van der Waals surface area (Å²) in [5.74, 6) is -2.54. The molecule has 0 unspecified atom stereocenters. The zero-order valence-corrected chi connectivity index (χ0v) is 20.1. The molecule has 10 nitrogen and oxygen atoms in total. The van der Waals surface area contributed by atoms with Gasteiger partial charge in [0.15, 0.2) is 17.5 Å². The first kappa shape index (κ1) is 24.3. The van der Waals surface area contributed by atoms with Gasteiger partial charge in [0.25, 0.3) is 5.91 Å². The van der Waals surface area contributed by atoms with E-state index in [9.17, 15) is 19.1 Å². The number of hydrogen-bond donors (Lipinski definition) is 1. The van der Waals surface area contributed by atoms with E-state index >= 15 is 4.39 Å². The average molecular weight is 521 g/mol. The molecule has 190 valence electrons. The van der Waals surface area contributed by atoms with Gasteiger partial charge in [-0.25, -0.2) is 18.6 Å². The third kappa shape index (κ3) is 3.94. The monoisotopic (exact) mass is 520 g/mol. The Balaban J connectivity index is 1.68. The van der Waals surface area contributed by atoms with E-state index in [1.54, 1.807) is 11.8 Å². The number of rotatable bonds is 5. The summed E-state index contributed by atoms with van der Waals surface area (Å²) in [5, 5.41) is 13.6. The number of carbonyl (C=O) groups excluding carboxylic acids is 1. The zero-order chi connectivity index (χ0) is 25.6. The summed E-state index contributed by atoms with van der Waals surface area (Å²) in [6, 6.07) is 4.92. The smallest absolute Gasteiger partial charge is 0.352 e. The minimum Gasteiger partial charge on any atom is -0.388 e. The fourth-order valence-electron chi connectivity index (χ4n) is 4.64. The molecule has 0 bridgehead atoms. The fourth-order valence-corrected chi connectivity index (χ4v) is 4.90. The van der Waals surface area contributed by atoms with Gasteiger partial charge in [-0.05, 0) is 38.0 Å². The molecule has 1 N–H and O–H groups in total. The predicted octanol–water partition coefficient (Wildman–Crippen LogP) is 2.48. The van der Waals surface area contributed by atoms with Gasteiger partial charge in [0.2, 0.25) is 0 Å². The van der Waals surface area contributed by atoms with Crippen LogP contribution in [-0.2, 0) is 17.9 Å². The Hall–Kier alpha value is -3.35. The average Bonchev–Trinajstić information content (AvgIpc) is 3.20. The molecule has 36 heavy (non-hydrogen) atoms. The van der Waals surface area contributed by atoms with E-state index < -0.39 is 35.7 Å². The maximum Gasteiger partial charge on any atom is 0.352 e. The number of pyridine rings is 1. The Morgan fingerprint density at radius 2 is 1.92 bits per heavy atom. The van der Waals surface area contributed by atoms with Gasteiger partial charge in [-0.15, -0.1) is 5.10 Å². The Kier molecular flexibility index (Phi) is 6.49. The maximum absolute atomic E-state index is 15.4. The molecule has 0 spiro atoms. The number of anilines is 2. The highest BCUT2D eigenvalue weighted by Crippen LogP contribution is 2.37. The summed E-state index contributed by atoms with van der Waals surface area (Å²) in [4.78, 5) is 33.7. The summed E-state index contributed by atoms with van der Waals surface area (Å²) >= 11 is 6.26. The van der Waals surface area contributed by atoms with Crippen LogP contribution in [0.25, 0.3) is 5.82 Å². The molecule has 2 aliphatic heterocycles. The minimum atomic E-state index is -0.970. The lowest BCUT2D eigenvalue weighted by molar-refractivity contribution is 0.0828. The molecule has 1 saturated heterocycles. The summed E-state index contributed by atoms with van der Waals surface area (Å²) < 4.78 is 37.6. The largest absolute Gasteiger partial charge is 0.388 e. The van der Waals surface area contributed by atoms with Crippen molar-refractivity contribution in [1.29, 1.82) is 0 Å². The van der Waals surface area contributed by atoms with Gasteiger partial charge in [0.1, 0.15) is 30.6 Å². The van der Waals surface area contributed by atoms with Crippen LogP contribution in [0.1, 0.15) is 35.9 Å². The molecule has 3 aromatic rings. The van der Waals surface area contributed by atoms with Crippen molar-refractivity contribution in [2.24, 2.45) is 0 Å². The number of nitrogens with zero attached hydrogens (tertiary/aromatic N) is 6. The van der Waals surface area contributed by atoms with E-state index in [0.29, 0.717) is 26.1 Å². The van der Waals surface area contributed by atoms with Gasteiger partial charge in [-0.3, -0.25) is 14.3 Å². The second-order valence-electron chi connectivity index (χ2n) is 8.44. The van der Waals surface area contributed by atoms with Crippen molar-refractivity contribution in [3.8, 4) is 5.82 Å². The summed E-state index contributed by atoms with van der Waals surface area (Å²) in [6.45, 7) is 2.24. The van der Waals surface area contributed by atoms with E-state index in [1.807, 2.05) is 0 Å². The topological polar surface area (TPSA) is 106 Å². The molecule has 13 heteroatoms. The molecule has 0 aliphatic carbocycles. The van der Waals surface area contributed by atoms with Gasteiger partial charge in [0, 0.05) is 25.8 Å². The van der Waals surface area contributed by atoms with E-state index in [2.05, 4.69) is 10.1 Å². The molecule has 1 fully saturated rings. The number of carbonyl (C=O) groups is 1. The van der Waals surface area contributed by atoms with Crippen LogP contribution in [0.5, 0.6) is 0 Å². The Labute approximate surface area is 209 Å². The lowest BCUT2D eigenvalue weighted by Gasteiger charge is -2.43. The van der Waals surface area contributed by atoms with E-state index in [1.165, 1.54) is 22.8 Å². The minimum absolute atomic E-state index is 0.0389. The standard InChI is InChI=1S/C23H23ClF2N6O4/c1-2-29-18(11-33)28-32(23(29)35)21-17(26)10-14-20(27-21)30(13-6-8-36-9-7-13)12-31(22(14)34)19-15(24)4-3-5-16(19)25/h3-5,10,13,33H,2,6-9,11-12H2,1H3. The van der Waals surface area contributed by atoms with Crippen LogP contribution in [0.4, 0.5) is 20.3 Å². The molecule has 0 atom stereocenters. The van der Waals surface area contributed by atoms with Crippen molar-refractivity contribution in [3.05, 3.63) is 62.8 Å². The van der Waals surface area contributed by atoms with Crippen molar-refractivity contribution in [2.45, 2.75) is 39.0 Å². The van der Waals surface area contributed by atoms with E-state index in [0.717, 1.165) is 15.6 Å². The second-order valence-corrected chi connectivity index (χ2v) is 8.84. The number of benzene rings is 1. The number of hydrogen-bond acceptors (Lipinski definition) is 7. The lowest BCUT2D eigenvalue weighted by atomic mass is 10.0. The normalized spacial score (nSPS) is 16.5. The molecule has 0 radical (unpaired) electrons. The lowest BCUT2D eigenvalue weighted by Crippen LogP contribution is -2.53. The number of aliphatic hydroxyl groups excluding tert-OH is 1. The fraction of sp³-hybridized carbons (Fsp3) is 0.391. The van der Waals surface area contributed by atoms with Crippen LogP contribution < -0.4 is 15.5 Å². The van der Waals surface area contributed by atoms with Gasteiger partial charge < -0.3 is 14.7 Å². The highest BCUT2D eigenvalue weighted by Gasteiger charge is 2.38. The summed E-state index contributed by atoms with van der Waals surface area (Å²) in [5.41, 5.74) is -0.882. The molecule has 1 amide bonds. The van der Waals surface area contributed by atoms with Crippen LogP contribution in [0.2, 0.25) is 5.02 Å².